The second-order valence-corrected chi connectivity index (χ2v) is 5.33. The van der Waals surface area contributed by atoms with Crippen molar-refractivity contribution < 1.29 is 19.4 Å². The zero-order valence-corrected chi connectivity index (χ0v) is 13.1. The molecular weight excluding hydrogens is 282 g/mol. The van der Waals surface area contributed by atoms with Crippen LogP contribution in [0.4, 0.5) is 0 Å². The first kappa shape index (κ1) is 16.2. The fourth-order valence-electron chi connectivity index (χ4n) is 2.73. The molecule has 0 bridgehead atoms. The molecule has 1 aromatic rings. The Morgan fingerprint density at radius 3 is 2.50 bits per heavy atom. The summed E-state index contributed by atoms with van der Waals surface area (Å²) < 4.78 is 5.06. The summed E-state index contributed by atoms with van der Waals surface area (Å²) in [6.07, 6.45) is 0.200. The van der Waals surface area contributed by atoms with E-state index >= 15 is 0 Å². The topological polar surface area (TPSA) is 75.6 Å². The predicted octanol–water partition coefficient (Wildman–Crippen LogP) is 2.44. The van der Waals surface area contributed by atoms with Crippen LogP contribution in [-0.2, 0) is 14.3 Å². The number of hydrogen-bond acceptors (Lipinski definition) is 5. The monoisotopic (exact) mass is 303 g/mol. The van der Waals surface area contributed by atoms with Crippen molar-refractivity contribution in [3.05, 3.63) is 47.2 Å². The molecule has 0 fully saturated rings. The zero-order chi connectivity index (χ0) is 16.3. The molecule has 1 heterocycles. The van der Waals surface area contributed by atoms with Gasteiger partial charge in [-0.25, -0.2) is 4.79 Å². The summed E-state index contributed by atoms with van der Waals surface area (Å²) in [4.78, 5) is 24.9. The number of hydrogen-bond donors (Lipinski definition) is 2. The number of carbonyl (C=O) groups is 2. The van der Waals surface area contributed by atoms with Gasteiger partial charge in [-0.3, -0.25) is 10.1 Å². The molecule has 1 aromatic carbocycles. The number of esters is 1. The minimum Gasteiger partial charge on any atom is -0.504 e. The van der Waals surface area contributed by atoms with Crippen LogP contribution < -0.4 is 5.32 Å². The van der Waals surface area contributed by atoms with E-state index in [0.717, 1.165) is 5.56 Å². The van der Waals surface area contributed by atoms with Gasteiger partial charge in [-0.2, -0.15) is 0 Å². The molecule has 1 aliphatic rings. The summed E-state index contributed by atoms with van der Waals surface area (Å²) in [6.45, 7) is 5.26. The summed E-state index contributed by atoms with van der Waals surface area (Å²) in [5, 5.41) is 13.3. The van der Waals surface area contributed by atoms with Gasteiger partial charge in [0.25, 0.3) is 0 Å². The molecule has 2 atom stereocenters. The number of rotatable bonds is 4. The summed E-state index contributed by atoms with van der Waals surface area (Å²) in [5.41, 5.74) is -0.161. The van der Waals surface area contributed by atoms with E-state index in [1.807, 2.05) is 30.3 Å². The Hall–Kier alpha value is -2.14. The van der Waals surface area contributed by atoms with Crippen molar-refractivity contribution in [3.63, 3.8) is 0 Å². The van der Waals surface area contributed by atoms with Gasteiger partial charge in [-0.15, -0.1) is 0 Å². The van der Waals surface area contributed by atoms with Crippen LogP contribution in [0.3, 0.4) is 0 Å². The number of aliphatic hydroxyl groups excluding tert-OH is 1. The maximum absolute atomic E-state index is 12.5. The Kier molecular flexibility index (Phi) is 4.66. The summed E-state index contributed by atoms with van der Waals surface area (Å²) in [6, 6.07) is 8.98. The normalized spacial score (nSPS) is 25.2. The molecule has 0 aliphatic carbocycles. The van der Waals surface area contributed by atoms with Gasteiger partial charge in [-0.05, 0) is 31.4 Å². The van der Waals surface area contributed by atoms with Crippen LogP contribution >= 0.6 is 0 Å². The maximum Gasteiger partial charge on any atom is 0.334 e. The number of ether oxygens (including phenoxy) is 1. The van der Waals surface area contributed by atoms with Gasteiger partial charge < -0.3 is 9.84 Å². The third kappa shape index (κ3) is 2.52. The van der Waals surface area contributed by atoms with Gasteiger partial charge in [0.1, 0.15) is 0 Å². The molecule has 1 aliphatic heterocycles. The molecule has 0 saturated heterocycles. The van der Waals surface area contributed by atoms with Crippen molar-refractivity contribution in [3.8, 4) is 0 Å². The van der Waals surface area contributed by atoms with E-state index in [9.17, 15) is 14.7 Å². The fraction of sp³-hybridized carbons (Fsp3) is 0.412. The van der Waals surface area contributed by atoms with Crippen molar-refractivity contribution in [2.75, 3.05) is 6.61 Å². The SMILES string of the molecule is CCOC(=O)[C@@]1(CC)N[C@@H](c2ccccc2)C(C)=C(O)C1=O. The van der Waals surface area contributed by atoms with Gasteiger partial charge in [0, 0.05) is 0 Å². The lowest BCUT2D eigenvalue weighted by Crippen LogP contribution is -2.62. The molecule has 118 valence electrons. The van der Waals surface area contributed by atoms with Crippen molar-refractivity contribution >= 4 is 11.8 Å². The molecular formula is C17H21NO4. The first-order chi connectivity index (χ1) is 10.5. The van der Waals surface area contributed by atoms with E-state index in [1.165, 1.54) is 0 Å². The standard InChI is InChI=1S/C17H21NO4/c1-4-17(16(21)22-5-2)15(20)14(19)11(3)13(18-17)12-9-7-6-8-10-12/h6-10,13,18-19H,4-5H2,1-3H3/t13-,17+/m1/s1. The molecule has 0 amide bonds. The van der Waals surface area contributed by atoms with Crippen molar-refractivity contribution in [1.29, 1.82) is 0 Å². The Labute approximate surface area is 130 Å². The predicted molar refractivity (Wildman–Crippen MR) is 82.3 cm³/mol. The quantitative estimate of drug-likeness (QED) is 0.660. The second-order valence-electron chi connectivity index (χ2n) is 5.33. The number of benzene rings is 1. The summed E-state index contributed by atoms with van der Waals surface area (Å²) >= 11 is 0. The van der Waals surface area contributed by atoms with Crippen molar-refractivity contribution in [2.45, 2.75) is 38.8 Å². The van der Waals surface area contributed by atoms with Crippen LogP contribution in [0.15, 0.2) is 41.7 Å². The minimum absolute atomic E-state index is 0.176. The molecule has 0 radical (unpaired) electrons. The number of Topliss-reactive ketones (excluding diaryl/α,β-unsaturated/α-hetero) is 1. The zero-order valence-electron chi connectivity index (χ0n) is 13.1. The average molecular weight is 303 g/mol. The van der Waals surface area contributed by atoms with Crippen molar-refractivity contribution in [1.82, 2.24) is 5.32 Å². The van der Waals surface area contributed by atoms with E-state index in [0.29, 0.717) is 5.57 Å². The van der Waals surface area contributed by atoms with E-state index < -0.39 is 23.3 Å². The van der Waals surface area contributed by atoms with Crippen LogP contribution in [0.2, 0.25) is 0 Å². The van der Waals surface area contributed by atoms with E-state index in [2.05, 4.69) is 5.32 Å². The minimum atomic E-state index is -1.54. The lowest BCUT2D eigenvalue weighted by molar-refractivity contribution is -0.156. The largest absolute Gasteiger partial charge is 0.504 e. The first-order valence-corrected chi connectivity index (χ1v) is 7.42. The number of aliphatic hydroxyl groups is 1. The van der Waals surface area contributed by atoms with Crippen LogP contribution in [0, 0.1) is 0 Å². The number of nitrogens with one attached hydrogen (secondary N) is 1. The van der Waals surface area contributed by atoms with Crippen LogP contribution in [0.5, 0.6) is 0 Å². The lowest BCUT2D eigenvalue weighted by Gasteiger charge is -2.38. The smallest absolute Gasteiger partial charge is 0.334 e. The molecule has 0 spiro atoms. The Morgan fingerprint density at radius 1 is 1.32 bits per heavy atom. The molecule has 2 rings (SSSR count). The van der Waals surface area contributed by atoms with Gasteiger partial charge in [0.05, 0.1) is 12.6 Å². The average Bonchev–Trinajstić information content (AvgIpc) is 2.54. The summed E-state index contributed by atoms with van der Waals surface area (Å²) in [5.74, 6) is -1.64. The summed E-state index contributed by atoms with van der Waals surface area (Å²) in [7, 11) is 0. The highest BCUT2D eigenvalue weighted by molar-refractivity contribution is 6.16. The van der Waals surface area contributed by atoms with Gasteiger partial charge in [0.15, 0.2) is 11.3 Å². The molecule has 0 unspecified atom stereocenters. The third-order valence-corrected chi connectivity index (χ3v) is 4.09. The Bertz CT molecular complexity index is 608. The second kappa shape index (κ2) is 6.32. The highest BCUT2D eigenvalue weighted by Crippen LogP contribution is 2.34. The number of ketones is 1. The number of carbonyl (C=O) groups excluding carboxylic acids is 2. The van der Waals surface area contributed by atoms with E-state index in [-0.39, 0.29) is 18.8 Å². The molecule has 2 N–H and O–H groups in total. The highest BCUT2D eigenvalue weighted by atomic mass is 16.5. The van der Waals surface area contributed by atoms with Gasteiger partial charge in [-0.1, -0.05) is 37.3 Å². The van der Waals surface area contributed by atoms with Crippen molar-refractivity contribution in [2.24, 2.45) is 0 Å². The lowest BCUT2D eigenvalue weighted by atomic mass is 9.80. The van der Waals surface area contributed by atoms with E-state index in [1.54, 1.807) is 20.8 Å². The van der Waals surface area contributed by atoms with E-state index in [4.69, 9.17) is 4.74 Å². The van der Waals surface area contributed by atoms with Gasteiger partial charge >= 0.3 is 5.97 Å². The molecule has 0 aromatic heterocycles. The third-order valence-electron chi connectivity index (χ3n) is 4.09. The molecule has 0 saturated carbocycles. The molecule has 5 nitrogen and oxygen atoms in total. The highest BCUT2D eigenvalue weighted by Gasteiger charge is 2.52. The van der Waals surface area contributed by atoms with Crippen LogP contribution in [0.25, 0.3) is 0 Å². The van der Waals surface area contributed by atoms with Crippen LogP contribution in [-0.4, -0.2) is 29.0 Å². The van der Waals surface area contributed by atoms with Crippen LogP contribution in [0.1, 0.15) is 38.8 Å². The Balaban J connectivity index is 2.51. The molecule has 5 heteroatoms. The first-order valence-electron chi connectivity index (χ1n) is 7.42. The maximum atomic E-state index is 12.5. The molecule has 22 heavy (non-hydrogen) atoms. The fourth-order valence-corrected chi connectivity index (χ4v) is 2.73. The Morgan fingerprint density at radius 2 is 1.95 bits per heavy atom. The van der Waals surface area contributed by atoms with Gasteiger partial charge in [0.2, 0.25) is 5.78 Å².